The summed E-state index contributed by atoms with van der Waals surface area (Å²) in [6.07, 6.45) is 0. The highest BCUT2D eigenvalue weighted by atomic mass is 127. The van der Waals surface area contributed by atoms with Gasteiger partial charge in [-0.3, -0.25) is 0 Å². The Morgan fingerprint density at radius 2 is 1.95 bits per heavy atom. The maximum absolute atomic E-state index is 11.9. The van der Waals surface area contributed by atoms with E-state index in [4.69, 9.17) is 4.42 Å². The molecule has 0 aliphatic rings. The van der Waals surface area contributed by atoms with E-state index in [2.05, 4.69) is 34.0 Å². The predicted molar refractivity (Wildman–Crippen MR) is 90.8 cm³/mol. The standard InChI is InChI=1S/C14H17IN2O3S/c1-10-8-11(15)4-6-13(10)16-9-12-5-7-14(20-12)21(18,19)17(2)3/h4-8,16H,9H2,1-3H3. The van der Waals surface area contributed by atoms with Crippen molar-refractivity contribution in [1.29, 1.82) is 0 Å². The summed E-state index contributed by atoms with van der Waals surface area (Å²) < 4.78 is 31.6. The molecule has 0 amide bonds. The Labute approximate surface area is 138 Å². The van der Waals surface area contributed by atoms with Crippen LogP contribution >= 0.6 is 22.6 Å². The zero-order chi connectivity index (χ0) is 15.6. The third-order valence-corrected chi connectivity index (χ3v) is 5.37. The van der Waals surface area contributed by atoms with Crippen LogP contribution in [-0.4, -0.2) is 26.8 Å². The van der Waals surface area contributed by atoms with Crippen molar-refractivity contribution in [2.24, 2.45) is 0 Å². The molecule has 0 radical (unpaired) electrons. The minimum absolute atomic E-state index is 0.0383. The molecule has 21 heavy (non-hydrogen) atoms. The Kier molecular flexibility index (Phi) is 4.95. The first-order chi connectivity index (χ1) is 9.80. The number of nitrogens with zero attached hydrogens (tertiary/aromatic N) is 1. The molecule has 5 nitrogen and oxygen atoms in total. The molecule has 0 fully saturated rings. The Hall–Kier alpha value is -1.06. The van der Waals surface area contributed by atoms with E-state index in [0.717, 1.165) is 15.6 Å². The van der Waals surface area contributed by atoms with Gasteiger partial charge in [0.1, 0.15) is 5.76 Å². The molecule has 0 aliphatic carbocycles. The lowest BCUT2D eigenvalue weighted by molar-refractivity contribution is 0.402. The van der Waals surface area contributed by atoms with E-state index in [0.29, 0.717) is 12.3 Å². The summed E-state index contributed by atoms with van der Waals surface area (Å²) in [5, 5.41) is 3.21. The summed E-state index contributed by atoms with van der Waals surface area (Å²) in [5.41, 5.74) is 2.14. The number of hydrogen-bond donors (Lipinski definition) is 1. The van der Waals surface area contributed by atoms with E-state index in [1.54, 1.807) is 6.07 Å². The first-order valence-electron chi connectivity index (χ1n) is 6.32. The zero-order valence-corrected chi connectivity index (χ0v) is 15.0. The van der Waals surface area contributed by atoms with Crippen LogP contribution in [0.2, 0.25) is 0 Å². The van der Waals surface area contributed by atoms with Crippen molar-refractivity contribution in [3.63, 3.8) is 0 Å². The summed E-state index contributed by atoms with van der Waals surface area (Å²) in [6.45, 7) is 2.46. The van der Waals surface area contributed by atoms with E-state index < -0.39 is 10.0 Å². The molecule has 1 heterocycles. The van der Waals surface area contributed by atoms with Gasteiger partial charge in [-0.25, -0.2) is 12.7 Å². The highest BCUT2D eigenvalue weighted by Crippen LogP contribution is 2.20. The molecular weight excluding hydrogens is 403 g/mol. The quantitative estimate of drug-likeness (QED) is 0.756. The molecule has 0 aliphatic heterocycles. The van der Waals surface area contributed by atoms with Gasteiger partial charge in [0.2, 0.25) is 5.09 Å². The van der Waals surface area contributed by atoms with Crippen LogP contribution in [0.3, 0.4) is 0 Å². The molecule has 1 aromatic heterocycles. The van der Waals surface area contributed by atoms with Crippen LogP contribution in [0, 0.1) is 10.5 Å². The normalized spacial score (nSPS) is 11.9. The van der Waals surface area contributed by atoms with Gasteiger partial charge in [-0.2, -0.15) is 0 Å². The van der Waals surface area contributed by atoms with Crippen molar-refractivity contribution >= 4 is 38.3 Å². The van der Waals surface area contributed by atoms with Crippen molar-refractivity contribution in [3.8, 4) is 0 Å². The van der Waals surface area contributed by atoms with Gasteiger partial charge in [-0.15, -0.1) is 0 Å². The first kappa shape index (κ1) is 16.3. The van der Waals surface area contributed by atoms with Crippen molar-refractivity contribution < 1.29 is 12.8 Å². The second-order valence-electron chi connectivity index (χ2n) is 4.82. The van der Waals surface area contributed by atoms with E-state index in [1.165, 1.54) is 23.7 Å². The second kappa shape index (κ2) is 6.37. The van der Waals surface area contributed by atoms with Gasteiger partial charge in [-0.1, -0.05) is 0 Å². The van der Waals surface area contributed by atoms with Crippen LogP contribution in [-0.2, 0) is 16.6 Å². The fourth-order valence-corrected chi connectivity index (χ4v) is 3.24. The summed E-state index contributed by atoms with van der Waals surface area (Å²) in [5.74, 6) is 0.577. The largest absolute Gasteiger partial charge is 0.446 e. The summed E-state index contributed by atoms with van der Waals surface area (Å²) in [4.78, 5) is 0. The smallest absolute Gasteiger partial charge is 0.275 e. The van der Waals surface area contributed by atoms with E-state index in [9.17, 15) is 8.42 Å². The summed E-state index contributed by atoms with van der Waals surface area (Å²) >= 11 is 2.26. The zero-order valence-electron chi connectivity index (χ0n) is 12.1. The summed E-state index contributed by atoms with van der Waals surface area (Å²) in [7, 11) is -0.561. The molecule has 7 heteroatoms. The Balaban J connectivity index is 2.10. The van der Waals surface area contributed by atoms with Gasteiger partial charge in [0.25, 0.3) is 10.0 Å². The molecule has 114 valence electrons. The fourth-order valence-electron chi connectivity index (χ4n) is 1.78. The number of rotatable bonds is 5. The lowest BCUT2D eigenvalue weighted by atomic mass is 10.2. The third-order valence-electron chi connectivity index (χ3n) is 3.01. The van der Waals surface area contributed by atoms with Crippen LogP contribution in [0.15, 0.2) is 39.8 Å². The highest BCUT2D eigenvalue weighted by molar-refractivity contribution is 14.1. The number of anilines is 1. The Morgan fingerprint density at radius 1 is 1.24 bits per heavy atom. The van der Waals surface area contributed by atoms with E-state index in [1.807, 2.05) is 19.1 Å². The van der Waals surface area contributed by atoms with Gasteiger partial charge in [-0.05, 0) is 65.4 Å². The molecule has 0 bridgehead atoms. The minimum Gasteiger partial charge on any atom is -0.446 e. The first-order valence-corrected chi connectivity index (χ1v) is 8.84. The van der Waals surface area contributed by atoms with Crippen LogP contribution in [0.1, 0.15) is 11.3 Å². The average molecular weight is 420 g/mol. The number of benzene rings is 1. The predicted octanol–water partition coefficient (Wildman–Crippen LogP) is 3.06. The molecule has 0 spiro atoms. The highest BCUT2D eigenvalue weighted by Gasteiger charge is 2.21. The molecule has 0 saturated carbocycles. The van der Waals surface area contributed by atoms with Gasteiger partial charge >= 0.3 is 0 Å². The van der Waals surface area contributed by atoms with Gasteiger partial charge in [0.15, 0.2) is 0 Å². The maximum Gasteiger partial charge on any atom is 0.275 e. The van der Waals surface area contributed by atoms with Crippen molar-refractivity contribution in [3.05, 3.63) is 45.2 Å². The van der Waals surface area contributed by atoms with Crippen molar-refractivity contribution in [1.82, 2.24) is 4.31 Å². The summed E-state index contributed by atoms with van der Waals surface area (Å²) in [6, 6.07) is 9.24. The van der Waals surface area contributed by atoms with Crippen LogP contribution in [0.4, 0.5) is 5.69 Å². The monoisotopic (exact) mass is 420 g/mol. The van der Waals surface area contributed by atoms with Gasteiger partial charge in [0, 0.05) is 23.4 Å². The molecule has 0 atom stereocenters. The molecule has 0 unspecified atom stereocenters. The number of hydrogen-bond acceptors (Lipinski definition) is 4. The molecule has 2 aromatic rings. The maximum atomic E-state index is 11.9. The fraction of sp³-hybridized carbons (Fsp3) is 0.286. The molecule has 0 saturated heterocycles. The Bertz CT molecular complexity index is 738. The van der Waals surface area contributed by atoms with Crippen molar-refractivity contribution in [2.75, 3.05) is 19.4 Å². The number of nitrogens with one attached hydrogen (secondary N) is 1. The number of sulfonamides is 1. The van der Waals surface area contributed by atoms with Gasteiger partial charge in [0.05, 0.1) is 6.54 Å². The van der Waals surface area contributed by atoms with E-state index in [-0.39, 0.29) is 5.09 Å². The van der Waals surface area contributed by atoms with E-state index >= 15 is 0 Å². The van der Waals surface area contributed by atoms with Crippen LogP contribution in [0.25, 0.3) is 0 Å². The topological polar surface area (TPSA) is 62.6 Å². The van der Waals surface area contributed by atoms with Crippen LogP contribution < -0.4 is 5.32 Å². The van der Waals surface area contributed by atoms with Crippen LogP contribution in [0.5, 0.6) is 0 Å². The minimum atomic E-state index is -3.51. The number of furan rings is 1. The molecule has 2 rings (SSSR count). The molecule has 1 N–H and O–H groups in total. The lowest BCUT2D eigenvalue weighted by Crippen LogP contribution is -2.21. The van der Waals surface area contributed by atoms with Crippen molar-refractivity contribution in [2.45, 2.75) is 18.6 Å². The van der Waals surface area contributed by atoms with Gasteiger partial charge < -0.3 is 9.73 Å². The lowest BCUT2D eigenvalue weighted by Gasteiger charge is -2.09. The second-order valence-corrected chi connectivity index (χ2v) is 8.15. The molecular formula is C14H17IN2O3S. The average Bonchev–Trinajstić information content (AvgIpc) is 2.87. The molecule has 1 aromatic carbocycles. The Morgan fingerprint density at radius 3 is 2.57 bits per heavy atom. The number of aryl methyl sites for hydroxylation is 1. The number of halogens is 1. The third kappa shape index (κ3) is 3.78. The SMILES string of the molecule is Cc1cc(I)ccc1NCc1ccc(S(=O)(=O)N(C)C)o1.